The van der Waals surface area contributed by atoms with E-state index in [2.05, 4.69) is 13.5 Å². The second kappa shape index (κ2) is 9.97. The zero-order valence-corrected chi connectivity index (χ0v) is 12.7. The highest BCUT2D eigenvalue weighted by Crippen LogP contribution is 2.19. The molecule has 21 heavy (non-hydrogen) atoms. The van der Waals surface area contributed by atoms with Crippen molar-refractivity contribution in [1.29, 1.82) is 0 Å². The Kier molecular flexibility index (Phi) is 8.17. The lowest BCUT2D eigenvalue weighted by molar-refractivity contribution is -0.141. The molecular formula is C17H24O4. The van der Waals surface area contributed by atoms with Crippen molar-refractivity contribution in [3.63, 3.8) is 0 Å². The van der Waals surface area contributed by atoms with Gasteiger partial charge in [0.15, 0.2) is 5.76 Å². The molecular weight excluding hydrogens is 268 g/mol. The predicted molar refractivity (Wildman–Crippen MR) is 80.8 cm³/mol. The fourth-order valence-corrected chi connectivity index (χ4v) is 2.24. The van der Waals surface area contributed by atoms with Crippen molar-refractivity contribution >= 4 is 11.8 Å². The van der Waals surface area contributed by atoms with E-state index < -0.39 is 11.9 Å². The van der Waals surface area contributed by atoms with Gasteiger partial charge in [0.1, 0.15) is 5.92 Å². The summed E-state index contributed by atoms with van der Waals surface area (Å²) in [6.45, 7) is 5.53. The summed E-state index contributed by atoms with van der Waals surface area (Å²) in [5, 5.41) is 0. The molecule has 0 aliphatic rings. The van der Waals surface area contributed by atoms with Crippen molar-refractivity contribution in [2.24, 2.45) is 5.92 Å². The topological polar surface area (TPSA) is 56.5 Å². The normalized spacial score (nSPS) is 11.9. The molecule has 0 saturated carbocycles. The number of unbranched alkanes of at least 4 members (excludes halogenated alkanes) is 5. The molecule has 0 saturated heterocycles. The van der Waals surface area contributed by atoms with E-state index in [4.69, 9.17) is 9.15 Å². The van der Waals surface area contributed by atoms with Gasteiger partial charge < -0.3 is 9.15 Å². The Hall–Kier alpha value is -1.84. The lowest BCUT2D eigenvalue weighted by atomic mass is 9.95. The molecule has 0 spiro atoms. The third-order valence-electron chi connectivity index (χ3n) is 3.41. The number of esters is 1. The standard InChI is InChI=1S/C17H24O4/c1-3-5-6-7-8-9-11-14(17(19)20-4-2)16(18)15-12-10-13-21-15/h4,10,12-14H,2-3,5-9,11H2,1H3. The molecule has 0 fully saturated rings. The number of rotatable bonds is 11. The van der Waals surface area contributed by atoms with Crippen LogP contribution in [0.2, 0.25) is 0 Å². The SMILES string of the molecule is C=COC(=O)C(CCCCCCCC)C(=O)c1ccco1. The maximum absolute atomic E-state index is 12.3. The van der Waals surface area contributed by atoms with Gasteiger partial charge in [0.2, 0.25) is 5.78 Å². The second-order valence-electron chi connectivity index (χ2n) is 5.05. The number of hydrogen-bond donors (Lipinski definition) is 0. The average molecular weight is 292 g/mol. The maximum Gasteiger partial charge on any atom is 0.321 e. The number of ether oxygens (including phenoxy) is 1. The lowest BCUT2D eigenvalue weighted by Crippen LogP contribution is -2.25. The first-order valence-electron chi connectivity index (χ1n) is 7.59. The second-order valence-corrected chi connectivity index (χ2v) is 5.05. The van der Waals surface area contributed by atoms with E-state index in [-0.39, 0.29) is 11.5 Å². The number of carbonyl (C=O) groups excluding carboxylic acids is 2. The fourth-order valence-electron chi connectivity index (χ4n) is 2.24. The van der Waals surface area contributed by atoms with Crippen LogP contribution < -0.4 is 0 Å². The molecule has 0 N–H and O–H groups in total. The Labute approximate surface area is 126 Å². The predicted octanol–water partition coefficient (Wildman–Crippen LogP) is 4.52. The average Bonchev–Trinajstić information content (AvgIpc) is 3.00. The highest BCUT2D eigenvalue weighted by Gasteiger charge is 2.29. The maximum atomic E-state index is 12.3. The van der Waals surface area contributed by atoms with E-state index in [9.17, 15) is 9.59 Å². The first-order valence-corrected chi connectivity index (χ1v) is 7.59. The smallest absolute Gasteiger partial charge is 0.321 e. The first kappa shape index (κ1) is 17.2. The number of carbonyl (C=O) groups is 2. The molecule has 1 heterocycles. The zero-order chi connectivity index (χ0) is 15.5. The molecule has 1 unspecified atom stereocenters. The summed E-state index contributed by atoms with van der Waals surface area (Å²) in [7, 11) is 0. The molecule has 0 bridgehead atoms. The van der Waals surface area contributed by atoms with Gasteiger partial charge in [0.05, 0.1) is 12.5 Å². The number of ketones is 1. The van der Waals surface area contributed by atoms with Gasteiger partial charge in [-0.05, 0) is 18.6 Å². The molecule has 0 aliphatic carbocycles. The van der Waals surface area contributed by atoms with E-state index in [0.29, 0.717) is 6.42 Å². The number of hydrogen-bond acceptors (Lipinski definition) is 4. The molecule has 116 valence electrons. The Bertz CT molecular complexity index is 434. The van der Waals surface area contributed by atoms with Crippen LogP contribution in [0.1, 0.15) is 62.4 Å². The zero-order valence-electron chi connectivity index (χ0n) is 12.7. The van der Waals surface area contributed by atoms with Gasteiger partial charge in [-0.25, -0.2) is 0 Å². The van der Waals surface area contributed by atoms with Crippen molar-refractivity contribution in [1.82, 2.24) is 0 Å². The third kappa shape index (κ3) is 5.98. The molecule has 1 rings (SSSR count). The van der Waals surface area contributed by atoms with E-state index in [1.807, 2.05) is 0 Å². The van der Waals surface area contributed by atoms with E-state index in [1.54, 1.807) is 12.1 Å². The summed E-state index contributed by atoms with van der Waals surface area (Å²) < 4.78 is 9.86. The Balaban J connectivity index is 2.51. The highest BCUT2D eigenvalue weighted by molar-refractivity contribution is 6.07. The summed E-state index contributed by atoms with van der Waals surface area (Å²) in [5.41, 5.74) is 0. The van der Waals surface area contributed by atoms with Crippen LogP contribution in [0.15, 0.2) is 35.7 Å². The summed E-state index contributed by atoms with van der Waals surface area (Å²) in [6.07, 6.45) is 9.57. The molecule has 1 aromatic heterocycles. The van der Waals surface area contributed by atoms with Crippen molar-refractivity contribution in [2.45, 2.75) is 51.9 Å². The third-order valence-corrected chi connectivity index (χ3v) is 3.41. The van der Waals surface area contributed by atoms with Crippen LogP contribution in [0.25, 0.3) is 0 Å². The minimum Gasteiger partial charge on any atom is -0.461 e. The van der Waals surface area contributed by atoms with Gasteiger partial charge in [-0.2, -0.15) is 0 Å². The van der Waals surface area contributed by atoms with Crippen LogP contribution in [0, 0.1) is 5.92 Å². The lowest BCUT2D eigenvalue weighted by Gasteiger charge is -2.12. The summed E-state index contributed by atoms with van der Waals surface area (Å²) in [6, 6.07) is 3.20. The van der Waals surface area contributed by atoms with Crippen LogP contribution >= 0.6 is 0 Å². The van der Waals surface area contributed by atoms with Crippen LogP contribution in [-0.2, 0) is 9.53 Å². The summed E-state index contributed by atoms with van der Waals surface area (Å²) >= 11 is 0. The Morgan fingerprint density at radius 1 is 1.29 bits per heavy atom. The summed E-state index contributed by atoms with van der Waals surface area (Å²) in [5.74, 6) is -1.48. The molecule has 0 aromatic carbocycles. The van der Waals surface area contributed by atoms with Gasteiger partial charge in [-0.15, -0.1) is 0 Å². The van der Waals surface area contributed by atoms with Crippen molar-refractivity contribution in [3.8, 4) is 0 Å². The molecule has 4 nitrogen and oxygen atoms in total. The molecule has 4 heteroatoms. The first-order chi connectivity index (χ1) is 10.2. The Morgan fingerprint density at radius 3 is 2.62 bits per heavy atom. The van der Waals surface area contributed by atoms with Gasteiger partial charge in [0, 0.05) is 0 Å². The Morgan fingerprint density at radius 2 is 2.00 bits per heavy atom. The van der Waals surface area contributed by atoms with Crippen molar-refractivity contribution in [2.75, 3.05) is 0 Å². The molecule has 1 aromatic rings. The number of furan rings is 1. The van der Waals surface area contributed by atoms with E-state index >= 15 is 0 Å². The minimum absolute atomic E-state index is 0.201. The van der Waals surface area contributed by atoms with Gasteiger partial charge in [0.25, 0.3) is 0 Å². The molecule has 0 radical (unpaired) electrons. The quantitative estimate of drug-likeness (QED) is 0.198. The number of Topliss-reactive ketones (excluding diaryl/α,β-unsaturated/α-hetero) is 1. The van der Waals surface area contributed by atoms with Gasteiger partial charge in [-0.3, -0.25) is 9.59 Å². The largest absolute Gasteiger partial charge is 0.461 e. The summed E-state index contributed by atoms with van der Waals surface area (Å²) in [4.78, 5) is 24.1. The van der Waals surface area contributed by atoms with Gasteiger partial charge in [-0.1, -0.05) is 52.0 Å². The fraction of sp³-hybridized carbons (Fsp3) is 0.529. The van der Waals surface area contributed by atoms with Crippen molar-refractivity contribution < 1.29 is 18.7 Å². The van der Waals surface area contributed by atoms with E-state index in [1.165, 1.54) is 25.5 Å². The molecule has 0 amide bonds. The van der Waals surface area contributed by atoms with Crippen LogP contribution in [0.4, 0.5) is 0 Å². The highest BCUT2D eigenvalue weighted by atomic mass is 16.5. The van der Waals surface area contributed by atoms with E-state index in [0.717, 1.165) is 25.5 Å². The minimum atomic E-state index is -0.805. The molecule has 0 aliphatic heterocycles. The van der Waals surface area contributed by atoms with Gasteiger partial charge >= 0.3 is 5.97 Å². The van der Waals surface area contributed by atoms with Crippen LogP contribution in [0.5, 0.6) is 0 Å². The van der Waals surface area contributed by atoms with Crippen molar-refractivity contribution in [3.05, 3.63) is 37.0 Å². The molecule has 1 atom stereocenters. The monoisotopic (exact) mass is 292 g/mol. The van der Waals surface area contributed by atoms with Crippen LogP contribution in [0.3, 0.4) is 0 Å². The van der Waals surface area contributed by atoms with Crippen LogP contribution in [-0.4, -0.2) is 11.8 Å².